The monoisotopic (exact) mass is 588 g/mol. The summed E-state index contributed by atoms with van der Waals surface area (Å²) >= 11 is 0. The Hall–Kier alpha value is -4.37. The molecule has 43 heavy (non-hydrogen) atoms. The van der Waals surface area contributed by atoms with Gasteiger partial charge < -0.3 is 29.5 Å². The molecule has 3 aromatic rings. The van der Waals surface area contributed by atoms with Crippen LogP contribution in [0.2, 0.25) is 0 Å². The standard InChI is InChI=1S/C34H40N2O7/c1-33(2,3)43-32(39)35-22-24-10-8-11-26(20-24)25-16-18-36(19-17-25)30(37)27-12-9-15-29(21-27)42-23-34(40,31(38)41-4)28-13-6-5-7-14-28/h5-15,20-21,25,40H,16-19,22-23H2,1-4H3,(H,35,39). The molecule has 228 valence electrons. The third kappa shape index (κ3) is 8.35. The van der Waals surface area contributed by atoms with Gasteiger partial charge in [-0.2, -0.15) is 0 Å². The minimum Gasteiger partial charge on any atom is -0.490 e. The molecule has 4 rings (SSSR count). The molecule has 0 aliphatic carbocycles. The molecule has 0 bridgehead atoms. The predicted octanol–water partition coefficient (Wildman–Crippen LogP) is 5.17. The second-order valence-corrected chi connectivity index (χ2v) is 11.7. The van der Waals surface area contributed by atoms with Gasteiger partial charge in [0.1, 0.15) is 18.0 Å². The molecule has 0 spiro atoms. The van der Waals surface area contributed by atoms with E-state index in [1.54, 1.807) is 54.6 Å². The van der Waals surface area contributed by atoms with Gasteiger partial charge in [-0.1, -0.05) is 60.7 Å². The van der Waals surface area contributed by atoms with Crippen molar-refractivity contribution in [1.82, 2.24) is 10.2 Å². The molecule has 9 nitrogen and oxygen atoms in total. The number of nitrogens with one attached hydrogen (secondary N) is 1. The average Bonchev–Trinajstić information content (AvgIpc) is 3.02. The highest BCUT2D eigenvalue weighted by Crippen LogP contribution is 2.30. The quantitative estimate of drug-likeness (QED) is 0.332. The van der Waals surface area contributed by atoms with Gasteiger partial charge in [0.15, 0.2) is 0 Å². The molecule has 1 aliphatic rings. The summed E-state index contributed by atoms with van der Waals surface area (Å²) in [6.45, 7) is 6.69. The molecule has 9 heteroatoms. The maximum atomic E-state index is 13.4. The lowest BCUT2D eigenvalue weighted by Crippen LogP contribution is -2.42. The van der Waals surface area contributed by atoms with Crippen LogP contribution in [0.5, 0.6) is 5.75 Å². The fourth-order valence-electron chi connectivity index (χ4n) is 5.09. The molecular formula is C34H40N2O7. The van der Waals surface area contributed by atoms with Crippen molar-refractivity contribution in [3.8, 4) is 5.75 Å². The van der Waals surface area contributed by atoms with Crippen molar-refractivity contribution in [2.24, 2.45) is 0 Å². The first-order valence-corrected chi connectivity index (χ1v) is 14.4. The van der Waals surface area contributed by atoms with E-state index in [-0.39, 0.29) is 12.5 Å². The molecule has 1 aliphatic heterocycles. The van der Waals surface area contributed by atoms with Crippen molar-refractivity contribution in [2.45, 2.75) is 57.3 Å². The van der Waals surface area contributed by atoms with E-state index >= 15 is 0 Å². The molecule has 1 heterocycles. The molecule has 2 N–H and O–H groups in total. The largest absolute Gasteiger partial charge is 0.490 e. The Bertz CT molecular complexity index is 1410. The summed E-state index contributed by atoms with van der Waals surface area (Å²) in [6, 6.07) is 23.4. The highest BCUT2D eigenvalue weighted by molar-refractivity contribution is 5.94. The van der Waals surface area contributed by atoms with E-state index in [0.29, 0.717) is 42.4 Å². The van der Waals surface area contributed by atoms with Crippen molar-refractivity contribution < 1.29 is 33.7 Å². The smallest absolute Gasteiger partial charge is 0.407 e. The number of esters is 1. The summed E-state index contributed by atoms with van der Waals surface area (Å²) in [5.41, 5.74) is 0.437. The number of hydrogen-bond donors (Lipinski definition) is 2. The fourth-order valence-corrected chi connectivity index (χ4v) is 5.09. The van der Waals surface area contributed by atoms with E-state index in [9.17, 15) is 19.5 Å². The number of methoxy groups -OCH3 is 1. The second kappa shape index (κ2) is 13.7. The van der Waals surface area contributed by atoms with Crippen molar-refractivity contribution in [3.63, 3.8) is 0 Å². The van der Waals surface area contributed by atoms with Gasteiger partial charge in [-0.05, 0) is 74.4 Å². The molecule has 0 radical (unpaired) electrons. The Kier molecular flexibility index (Phi) is 10.1. The summed E-state index contributed by atoms with van der Waals surface area (Å²) in [6.07, 6.45) is 1.18. The number of aliphatic hydroxyl groups is 1. The van der Waals surface area contributed by atoms with E-state index in [1.807, 2.05) is 37.8 Å². The Balaban J connectivity index is 1.34. The minimum atomic E-state index is -2.00. The van der Waals surface area contributed by atoms with E-state index in [0.717, 1.165) is 18.4 Å². The molecular weight excluding hydrogens is 548 g/mol. The van der Waals surface area contributed by atoms with Crippen LogP contribution in [0, 0.1) is 0 Å². The van der Waals surface area contributed by atoms with Crippen LogP contribution in [0.3, 0.4) is 0 Å². The number of hydrogen-bond acceptors (Lipinski definition) is 7. The zero-order chi connectivity index (χ0) is 31.0. The minimum absolute atomic E-state index is 0.106. The summed E-state index contributed by atoms with van der Waals surface area (Å²) in [5, 5.41) is 13.9. The molecule has 3 aromatic carbocycles. The second-order valence-electron chi connectivity index (χ2n) is 11.7. The van der Waals surface area contributed by atoms with Crippen LogP contribution < -0.4 is 10.1 Å². The summed E-state index contributed by atoms with van der Waals surface area (Å²) in [7, 11) is 1.21. The van der Waals surface area contributed by atoms with Crippen molar-refractivity contribution in [2.75, 3.05) is 26.8 Å². The maximum Gasteiger partial charge on any atom is 0.407 e. The van der Waals surface area contributed by atoms with Crippen molar-refractivity contribution >= 4 is 18.0 Å². The number of carbonyl (C=O) groups excluding carboxylic acids is 3. The summed E-state index contributed by atoms with van der Waals surface area (Å²) in [4.78, 5) is 39.7. The van der Waals surface area contributed by atoms with Gasteiger partial charge >= 0.3 is 12.1 Å². The normalized spacial score (nSPS) is 15.2. The predicted molar refractivity (Wildman–Crippen MR) is 162 cm³/mol. The number of benzene rings is 3. The van der Waals surface area contributed by atoms with Gasteiger partial charge in [-0.3, -0.25) is 4.79 Å². The molecule has 2 amide bonds. The topological polar surface area (TPSA) is 114 Å². The zero-order valence-corrected chi connectivity index (χ0v) is 25.2. The number of rotatable bonds is 9. The highest BCUT2D eigenvalue weighted by atomic mass is 16.6. The van der Waals surface area contributed by atoms with E-state index < -0.39 is 23.3 Å². The van der Waals surface area contributed by atoms with Gasteiger partial charge in [0.2, 0.25) is 5.60 Å². The van der Waals surface area contributed by atoms with Gasteiger partial charge in [0.05, 0.1) is 7.11 Å². The Morgan fingerprint density at radius 3 is 2.30 bits per heavy atom. The van der Waals surface area contributed by atoms with E-state index in [1.165, 1.54) is 12.7 Å². The SMILES string of the molecule is COC(=O)C(O)(COc1cccc(C(=O)N2CCC(c3cccc(CNC(=O)OC(C)(C)C)c3)CC2)c1)c1ccccc1. The number of nitrogens with zero attached hydrogens (tertiary/aromatic N) is 1. The molecule has 1 saturated heterocycles. The van der Waals surface area contributed by atoms with Gasteiger partial charge in [0.25, 0.3) is 5.91 Å². The van der Waals surface area contributed by atoms with Crippen LogP contribution in [-0.2, 0) is 26.4 Å². The number of carbonyl (C=O) groups is 3. The van der Waals surface area contributed by atoms with Gasteiger partial charge in [-0.25, -0.2) is 9.59 Å². The number of ether oxygens (including phenoxy) is 3. The van der Waals surface area contributed by atoms with Crippen molar-refractivity contribution in [1.29, 1.82) is 0 Å². The molecule has 0 saturated carbocycles. The van der Waals surface area contributed by atoms with Crippen LogP contribution in [0.25, 0.3) is 0 Å². The highest BCUT2D eigenvalue weighted by Gasteiger charge is 2.40. The third-order valence-electron chi connectivity index (χ3n) is 7.34. The zero-order valence-electron chi connectivity index (χ0n) is 25.2. The number of likely N-dealkylation sites (tertiary alicyclic amines) is 1. The third-order valence-corrected chi connectivity index (χ3v) is 7.34. The number of piperidine rings is 1. The van der Waals surface area contributed by atoms with Crippen LogP contribution in [0.4, 0.5) is 4.79 Å². The fraction of sp³-hybridized carbons (Fsp3) is 0.382. The number of alkyl carbamates (subject to hydrolysis) is 1. The molecule has 0 aromatic heterocycles. The molecule has 1 fully saturated rings. The maximum absolute atomic E-state index is 13.4. The Morgan fingerprint density at radius 2 is 1.63 bits per heavy atom. The first-order chi connectivity index (χ1) is 20.5. The van der Waals surface area contributed by atoms with Crippen molar-refractivity contribution in [3.05, 3.63) is 101 Å². The Labute approximate surface area is 252 Å². The lowest BCUT2D eigenvalue weighted by molar-refractivity contribution is -0.167. The first kappa shape index (κ1) is 31.6. The number of amides is 2. The lowest BCUT2D eigenvalue weighted by Gasteiger charge is -2.32. The Morgan fingerprint density at radius 1 is 0.930 bits per heavy atom. The summed E-state index contributed by atoms with van der Waals surface area (Å²) < 4.78 is 16.0. The summed E-state index contributed by atoms with van der Waals surface area (Å²) in [5.74, 6) is -0.283. The molecule has 1 atom stereocenters. The van der Waals surface area contributed by atoms with E-state index in [4.69, 9.17) is 14.2 Å². The van der Waals surface area contributed by atoms with Crippen LogP contribution in [0.15, 0.2) is 78.9 Å². The van der Waals surface area contributed by atoms with E-state index in [2.05, 4.69) is 17.4 Å². The average molecular weight is 589 g/mol. The van der Waals surface area contributed by atoms with Crippen LogP contribution >= 0.6 is 0 Å². The van der Waals surface area contributed by atoms with Gasteiger partial charge in [0, 0.05) is 25.2 Å². The van der Waals surface area contributed by atoms with Gasteiger partial charge in [-0.15, -0.1) is 0 Å². The lowest BCUT2D eigenvalue weighted by atomic mass is 9.88. The van der Waals surface area contributed by atoms with Crippen LogP contribution in [-0.4, -0.2) is 60.4 Å². The molecule has 1 unspecified atom stereocenters. The first-order valence-electron chi connectivity index (χ1n) is 14.4. The van der Waals surface area contributed by atoms with Crippen LogP contribution in [0.1, 0.15) is 66.6 Å².